The minimum Gasteiger partial charge on any atom is -0.310 e. The van der Waals surface area contributed by atoms with E-state index >= 15 is 0 Å². The lowest BCUT2D eigenvalue weighted by molar-refractivity contribution is 0.206. The molecule has 0 saturated carbocycles. The first-order valence-corrected chi connectivity index (χ1v) is 6.79. The van der Waals surface area contributed by atoms with Gasteiger partial charge < -0.3 is 10.2 Å². The van der Waals surface area contributed by atoms with Crippen LogP contribution in [0.5, 0.6) is 0 Å². The summed E-state index contributed by atoms with van der Waals surface area (Å²) in [5.41, 5.74) is 1.43. The maximum atomic E-state index is 3.65. The largest absolute Gasteiger partial charge is 0.310 e. The number of piperidine rings is 1. The summed E-state index contributed by atoms with van der Waals surface area (Å²) in [7, 11) is 0. The van der Waals surface area contributed by atoms with Crippen LogP contribution in [0, 0.1) is 0 Å². The highest BCUT2D eigenvalue weighted by Crippen LogP contribution is 2.11. The molecule has 0 aliphatic carbocycles. The van der Waals surface area contributed by atoms with Gasteiger partial charge in [-0.2, -0.15) is 11.3 Å². The molecular weight excluding hydrogens is 204 g/mol. The average molecular weight is 224 g/mol. The summed E-state index contributed by atoms with van der Waals surface area (Å²) in [6, 6.07) is 2.94. The normalized spacial score (nSPS) is 19.5. The van der Waals surface area contributed by atoms with Crippen molar-refractivity contribution in [2.24, 2.45) is 0 Å². The predicted octanol–water partition coefficient (Wildman–Crippen LogP) is 2.32. The van der Waals surface area contributed by atoms with E-state index in [1.807, 2.05) is 0 Å². The molecule has 1 aromatic heterocycles. The summed E-state index contributed by atoms with van der Waals surface area (Å²) >= 11 is 1.78. The molecule has 0 radical (unpaired) electrons. The van der Waals surface area contributed by atoms with Crippen molar-refractivity contribution < 1.29 is 0 Å². The van der Waals surface area contributed by atoms with Gasteiger partial charge in [0, 0.05) is 12.6 Å². The summed E-state index contributed by atoms with van der Waals surface area (Å²) in [6.07, 6.45) is 2.61. The molecule has 1 fully saturated rings. The van der Waals surface area contributed by atoms with E-state index in [9.17, 15) is 0 Å². The molecule has 15 heavy (non-hydrogen) atoms. The van der Waals surface area contributed by atoms with Gasteiger partial charge in [-0.1, -0.05) is 6.92 Å². The third-order valence-electron chi connectivity index (χ3n) is 3.21. The Bertz CT molecular complexity index is 263. The molecule has 2 rings (SSSR count). The van der Waals surface area contributed by atoms with E-state index in [2.05, 4.69) is 34.0 Å². The third kappa shape index (κ3) is 3.30. The molecule has 84 valence electrons. The van der Waals surface area contributed by atoms with Gasteiger partial charge in [0.25, 0.3) is 0 Å². The molecular formula is C12H20N2S. The quantitative estimate of drug-likeness (QED) is 0.844. The molecule has 0 amide bonds. The van der Waals surface area contributed by atoms with Crippen molar-refractivity contribution in [2.45, 2.75) is 32.4 Å². The topological polar surface area (TPSA) is 15.3 Å². The highest BCUT2D eigenvalue weighted by molar-refractivity contribution is 7.07. The van der Waals surface area contributed by atoms with Crippen LogP contribution in [0.2, 0.25) is 0 Å². The van der Waals surface area contributed by atoms with Crippen LogP contribution >= 0.6 is 11.3 Å². The summed E-state index contributed by atoms with van der Waals surface area (Å²) in [6.45, 7) is 7.02. The van der Waals surface area contributed by atoms with E-state index in [4.69, 9.17) is 0 Å². The van der Waals surface area contributed by atoms with Crippen LogP contribution in [0.15, 0.2) is 16.8 Å². The number of thiophene rings is 1. The Morgan fingerprint density at radius 1 is 1.47 bits per heavy atom. The van der Waals surface area contributed by atoms with E-state index < -0.39 is 0 Å². The molecule has 1 N–H and O–H groups in total. The number of rotatable bonds is 4. The Balaban J connectivity index is 1.69. The fourth-order valence-corrected chi connectivity index (χ4v) is 2.78. The molecule has 3 heteroatoms. The lowest BCUT2D eigenvalue weighted by Gasteiger charge is -2.31. The average Bonchev–Trinajstić information content (AvgIpc) is 2.80. The molecule has 0 unspecified atom stereocenters. The van der Waals surface area contributed by atoms with Gasteiger partial charge >= 0.3 is 0 Å². The summed E-state index contributed by atoms with van der Waals surface area (Å²) in [5.74, 6) is 0. The van der Waals surface area contributed by atoms with Crippen molar-refractivity contribution in [1.29, 1.82) is 0 Å². The first kappa shape index (κ1) is 11.1. The summed E-state index contributed by atoms with van der Waals surface area (Å²) in [5, 5.41) is 8.03. The van der Waals surface area contributed by atoms with Crippen molar-refractivity contribution in [1.82, 2.24) is 10.2 Å². The number of nitrogens with zero attached hydrogens (tertiary/aromatic N) is 1. The van der Waals surface area contributed by atoms with Gasteiger partial charge in [0.1, 0.15) is 0 Å². The highest BCUT2D eigenvalue weighted by atomic mass is 32.1. The van der Waals surface area contributed by atoms with E-state index in [0.717, 1.165) is 12.6 Å². The Kier molecular flexibility index (Phi) is 4.18. The van der Waals surface area contributed by atoms with Crippen molar-refractivity contribution in [2.75, 3.05) is 19.6 Å². The molecule has 2 heterocycles. The SMILES string of the molecule is CCN1CCC(NCc2ccsc2)CC1. The predicted molar refractivity (Wildman–Crippen MR) is 66.3 cm³/mol. The molecule has 1 saturated heterocycles. The van der Waals surface area contributed by atoms with Crippen LogP contribution in [-0.2, 0) is 6.54 Å². The number of nitrogens with one attached hydrogen (secondary N) is 1. The van der Waals surface area contributed by atoms with Crippen LogP contribution in [0.3, 0.4) is 0 Å². The Morgan fingerprint density at radius 2 is 2.27 bits per heavy atom. The van der Waals surface area contributed by atoms with E-state index in [1.54, 1.807) is 11.3 Å². The molecule has 1 aromatic rings. The van der Waals surface area contributed by atoms with Crippen molar-refractivity contribution >= 4 is 11.3 Å². The highest BCUT2D eigenvalue weighted by Gasteiger charge is 2.16. The van der Waals surface area contributed by atoms with Gasteiger partial charge in [0.15, 0.2) is 0 Å². The van der Waals surface area contributed by atoms with E-state index in [1.165, 1.54) is 38.0 Å². The monoisotopic (exact) mass is 224 g/mol. The third-order valence-corrected chi connectivity index (χ3v) is 3.94. The number of hydrogen-bond acceptors (Lipinski definition) is 3. The molecule has 1 aliphatic heterocycles. The smallest absolute Gasteiger partial charge is 0.0216 e. The van der Waals surface area contributed by atoms with Gasteiger partial charge in [0.2, 0.25) is 0 Å². The molecule has 0 bridgehead atoms. The lowest BCUT2D eigenvalue weighted by Crippen LogP contribution is -2.41. The minimum absolute atomic E-state index is 0.729. The van der Waals surface area contributed by atoms with Crippen LogP contribution in [0.1, 0.15) is 25.3 Å². The maximum Gasteiger partial charge on any atom is 0.0216 e. The zero-order valence-corrected chi connectivity index (χ0v) is 10.2. The standard InChI is InChI=1S/C12H20N2S/c1-2-14-6-3-12(4-7-14)13-9-11-5-8-15-10-11/h5,8,10,12-13H,2-4,6-7,9H2,1H3. The van der Waals surface area contributed by atoms with Crippen LogP contribution < -0.4 is 5.32 Å². The first-order chi connectivity index (χ1) is 7.38. The minimum atomic E-state index is 0.729. The molecule has 0 atom stereocenters. The fourth-order valence-electron chi connectivity index (χ4n) is 2.11. The maximum absolute atomic E-state index is 3.65. The van der Waals surface area contributed by atoms with Crippen molar-refractivity contribution in [3.63, 3.8) is 0 Å². The van der Waals surface area contributed by atoms with Crippen molar-refractivity contribution in [3.8, 4) is 0 Å². The second-order valence-electron chi connectivity index (χ2n) is 4.22. The molecule has 1 aliphatic rings. The lowest BCUT2D eigenvalue weighted by atomic mass is 10.1. The summed E-state index contributed by atoms with van der Waals surface area (Å²) in [4.78, 5) is 2.53. The molecule has 0 spiro atoms. The Labute approximate surface area is 96.3 Å². The van der Waals surface area contributed by atoms with Gasteiger partial charge in [-0.3, -0.25) is 0 Å². The van der Waals surface area contributed by atoms with Crippen LogP contribution in [0.4, 0.5) is 0 Å². The summed E-state index contributed by atoms with van der Waals surface area (Å²) < 4.78 is 0. The van der Waals surface area contributed by atoms with Crippen LogP contribution in [0.25, 0.3) is 0 Å². The van der Waals surface area contributed by atoms with Crippen LogP contribution in [-0.4, -0.2) is 30.6 Å². The fraction of sp³-hybridized carbons (Fsp3) is 0.667. The number of likely N-dealkylation sites (tertiary alicyclic amines) is 1. The molecule has 0 aromatic carbocycles. The second-order valence-corrected chi connectivity index (χ2v) is 5.00. The zero-order valence-electron chi connectivity index (χ0n) is 9.41. The van der Waals surface area contributed by atoms with Gasteiger partial charge in [-0.15, -0.1) is 0 Å². The van der Waals surface area contributed by atoms with E-state index in [0.29, 0.717) is 0 Å². The number of hydrogen-bond donors (Lipinski definition) is 1. The molecule has 2 nitrogen and oxygen atoms in total. The van der Waals surface area contributed by atoms with E-state index in [-0.39, 0.29) is 0 Å². The van der Waals surface area contributed by atoms with Gasteiger partial charge in [-0.05, 0) is 54.9 Å². The Morgan fingerprint density at radius 3 is 2.87 bits per heavy atom. The van der Waals surface area contributed by atoms with Gasteiger partial charge in [0.05, 0.1) is 0 Å². The second kappa shape index (κ2) is 5.64. The first-order valence-electron chi connectivity index (χ1n) is 5.85. The Hall–Kier alpha value is -0.380. The van der Waals surface area contributed by atoms with Crippen molar-refractivity contribution in [3.05, 3.63) is 22.4 Å². The zero-order chi connectivity index (χ0) is 10.5. The van der Waals surface area contributed by atoms with Gasteiger partial charge in [-0.25, -0.2) is 0 Å².